The Morgan fingerprint density at radius 1 is 1.00 bits per heavy atom. The summed E-state index contributed by atoms with van der Waals surface area (Å²) in [5, 5.41) is 8.82. The van der Waals surface area contributed by atoms with E-state index in [2.05, 4.69) is 12.1 Å². The molecule has 4 nitrogen and oxygen atoms in total. The molecule has 0 aliphatic heterocycles. The molecular formula is C23H27NO3. The van der Waals surface area contributed by atoms with Crippen molar-refractivity contribution in [2.24, 2.45) is 5.41 Å². The third-order valence-corrected chi connectivity index (χ3v) is 6.20. The van der Waals surface area contributed by atoms with E-state index in [4.69, 9.17) is 19.6 Å². The van der Waals surface area contributed by atoms with Crippen LogP contribution in [0.3, 0.4) is 0 Å². The molecule has 2 aliphatic carbocycles. The number of hydrogen-bond acceptors (Lipinski definition) is 4. The summed E-state index contributed by atoms with van der Waals surface area (Å²) in [4.78, 5) is 0. The van der Waals surface area contributed by atoms with Crippen LogP contribution in [-0.2, 0) is 17.8 Å². The Hall–Kier alpha value is -2.33. The van der Waals surface area contributed by atoms with E-state index in [0.29, 0.717) is 12.7 Å². The van der Waals surface area contributed by atoms with Crippen LogP contribution in [0.2, 0.25) is 0 Å². The zero-order chi connectivity index (χ0) is 18.9. The van der Waals surface area contributed by atoms with Gasteiger partial charge in [0.1, 0.15) is 18.1 Å². The molecule has 27 heavy (non-hydrogen) atoms. The average Bonchev–Trinajstić information content (AvgIpc) is 2.98. The molecule has 0 heterocycles. The SMILES string of the molecule is COc1ccc(COc2ccc3c(c2)C(=N)C2(CCC(OC)CC2)C3)cc1. The van der Waals surface area contributed by atoms with E-state index in [-0.39, 0.29) is 5.41 Å². The molecule has 0 radical (unpaired) electrons. The maximum Gasteiger partial charge on any atom is 0.120 e. The van der Waals surface area contributed by atoms with Gasteiger partial charge in [-0.25, -0.2) is 0 Å². The fraction of sp³-hybridized carbons (Fsp3) is 0.435. The Morgan fingerprint density at radius 3 is 2.37 bits per heavy atom. The van der Waals surface area contributed by atoms with Gasteiger partial charge in [-0.05, 0) is 67.5 Å². The second kappa shape index (κ2) is 7.35. The topological polar surface area (TPSA) is 51.5 Å². The van der Waals surface area contributed by atoms with Gasteiger partial charge in [0.2, 0.25) is 0 Å². The predicted octanol–water partition coefficient (Wildman–Crippen LogP) is 4.77. The zero-order valence-electron chi connectivity index (χ0n) is 16.1. The molecule has 2 aromatic rings. The first kappa shape index (κ1) is 18.1. The van der Waals surface area contributed by atoms with Crippen molar-refractivity contribution in [1.82, 2.24) is 0 Å². The van der Waals surface area contributed by atoms with Crippen LogP contribution in [0.15, 0.2) is 42.5 Å². The van der Waals surface area contributed by atoms with Gasteiger partial charge in [0.25, 0.3) is 0 Å². The van der Waals surface area contributed by atoms with Gasteiger partial charge in [-0.15, -0.1) is 0 Å². The third-order valence-electron chi connectivity index (χ3n) is 6.20. The number of fused-ring (bicyclic) bond motifs is 1. The van der Waals surface area contributed by atoms with Crippen molar-refractivity contribution in [2.45, 2.75) is 44.8 Å². The minimum Gasteiger partial charge on any atom is -0.497 e. The molecule has 0 aromatic heterocycles. The van der Waals surface area contributed by atoms with E-state index in [0.717, 1.165) is 60.4 Å². The van der Waals surface area contributed by atoms with E-state index in [9.17, 15) is 0 Å². The van der Waals surface area contributed by atoms with Gasteiger partial charge in [-0.3, -0.25) is 0 Å². The van der Waals surface area contributed by atoms with Crippen molar-refractivity contribution in [3.63, 3.8) is 0 Å². The van der Waals surface area contributed by atoms with E-state index in [1.807, 2.05) is 30.3 Å². The highest BCUT2D eigenvalue weighted by molar-refractivity contribution is 6.07. The van der Waals surface area contributed by atoms with Gasteiger partial charge in [0.15, 0.2) is 0 Å². The van der Waals surface area contributed by atoms with Crippen LogP contribution in [0, 0.1) is 10.8 Å². The maximum absolute atomic E-state index is 8.82. The minimum absolute atomic E-state index is 0.00592. The summed E-state index contributed by atoms with van der Waals surface area (Å²) in [6.07, 6.45) is 5.52. The van der Waals surface area contributed by atoms with Crippen LogP contribution in [-0.4, -0.2) is 26.0 Å². The minimum atomic E-state index is 0.00592. The molecule has 1 N–H and O–H groups in total. The van der Waals surface area contributed by atoms with Gasteiger partial charge in [0.05, 0.1) is 13.2 Å². The molecule has 142 valence electrons. The predicted molar refractivity (Wildman–Crippen MR) is 106 cm³/mol. The van der Waals surface area contributed by atoms with Crippen LogP contribution >= 0.6 is 0 Å². The molecule has 2 aromatic carbocycles. The van der Waals surface area contributed by atoms with Gasteiger partial charge in [-0.2, -0.15) is 0 Å². The first-order valence-electron chi connectivity index (χ1n) is 9.64. The molecule has 0 unspecified atom stereocenters. The number of rotatable bonds is 5. The van der Waals surface area contributed by atoms with Crippen LogP contribution in [0.25, 0.3) is 0 Å². The molecule has 4 rings (SSSR count). The van der Waals surface area contributed by atoms with Crippen molar-refractivity contribution in [2.75, 3.05) is 14.2 Å². The molecule has 1 fully saturated rings. The first-order chi connectivity index (χ1) is 13.1. The molecule has 0 bridgehead atoms. The molecule has 0 atom stereocenters. The highest BCUT2D eigenvalue weighted by Gasteiger charge is 2.44. The Labute approximate surface area is 161 Å². The summed E-state index contributed by atoms with van der Waals surface area (Å²) < 4.78 is 16.7. The number of methoxy groups -OCH3 is 2. The maximum atomic E-state index is 8.82. The molecule has 1 spiro atoms. The first-order valence-corrected chi connectivity index (χ1v) is 9.64. The largest absolute Gasteiger partial charge is 0.497 e. The highest BCUT2D eigenvalue weighted by Crippen LogP contribution is 2.48. The standard InChI is InChI=1S/C23H27NO3/c1-25-18-6-3-16(4-7-18)15-27-20-8-5-17-14-23(22(24)21(17)13-20)11-9-19(26-2)10-12-23/h3-8,13,19,24H,9-12,14-15H2,1-2H3. The number of nitrogens with one attached hydrogen (secondary N) is 1. The lowest BCUT2D eigenvalue weighted by atomic mass is 9.70. The molecule has 0 amide bonds. The summed E-state index contributed by atoms with van der Waals surface area (Å²) in [5.74, 6) is 1.68. The van der Waals surface area contributed by atoms with Crippen LogP contribution in [0.1, 0.15) is 42.4 Å². The molecule has 2 aliphatic rings. The van der Waals surface area contributed by atoms with Crippen LogP contribution < -0.4 is 9.47 Å². The number of ether oxygens (including phenoxy) is 3. The lowest BCUT2D eigenvalue weighted by Gasteiger charge is -2.36. The van der Waals surface area contributed by atoms with Crippen molar-refractivity contribution in [1.29, 1.82) is 5.41 Å². The normalized spacial score (nSPS) is 24.1. The second-order valence-electron chi connectivity index (χ2n) is 7.72. The molecule has 4 heteroatoms. The fourth-order valence-electron chi connectivity index (χ4n) is 4.47. The van der Waals surface area contributed by atoms with Gasteiger partial charge in [-0.1, -0.05) is 18.2 Å². The van der Waals surface area contributed by atoms with E-state index >= 15 is 0 Å². The lowest BCUT2D eigenvalue weighted by molar-refractivity contribution is 0.0467. The van der Waals surface area contributed by atoms with Crippen LogP contribution in [0.4, 0.5) is 0 Å². The molecule has 1 saturated carbocycles. The summed E-state index contributed by atoms with van der Waals surface area (Å²) in [5.41, 5.74) is 4.25. The lowest BCUT2D eigenvalue weighted by Crippen LogP contribution is -2.35. The monoisotopic (exact) mass is 365 g/mol. The Bertz CT molecular complexity index is 820. The zero-order valence-corrected chi connectivity index (χ0v) is 16.1. The van der Waals surface area contributed by atoms with Gasteiger partial charge >= 0.3 is 0 Å². The molecule has 0 saturated heterocycles. The van der Waals surface area contributed by atoms with Crippen molar-refractivity contribution in [3.05, 3.63) is 59.2 Å². The summed E-state index contributed by atoms with van der Waals surface area (Å²) in [7, 11) is 3.46. The van der Waals surface area contributed by atoms with E-state index < -0.39 is 0 Å². The summed E-state index contributed by atoms with van der Waals surface area (Å²) in [6, 6.07) is 14.1. The van der Waals surface area contributed by atoms with Crippen molar-refractivity contribution in [3.8, 4) is 11.5 Å². The smallest absolute Gasteiger partial charge is 0.120 e. The Morgan fingerprint density at radius 2 is 1.70 bits per heavy atom. The van der Waals surface area contributed by atoms with Gasteiger partial charge < -0.3 is 19.6 Å². The van der Waals surface area contributed by atoms with Gasteiger partial charge in [0, 0.05) is 23.8 Å². The van der Waals surface area contributed by atoms with Crippen molar-refractivity contribution < 1.29 is 14.2 Å². The van der Waals surface area contributed by atoms with Crippen molar-refractivity contribution >= 4 is 5.71 Å². The average molecular weight is 365 g/mol. The fourth-order valence-corrected chi connectivity index (χ4v) is 4.47. The summed E-state index contributed by atoms with van der Waals surface area (Å²) in [6.45, 7) is 0.511. The Kier molecular flexibility index (Phi) is 4.92. The quantitative estimate of drug-likeness (QED) is 0.830. The highest BCUT2D eigenvalue weighted by atomic mass is 16.5. The van der Waals surface area contributed by atoms with E-state index in [1.165, 1.54) is 5.56 Å². The molecular weight excluding hydrogens is 338 g/mol. The number of hydrogen-bond donors (Lipinski definition) is 1. The second-order valence-corrected chi connectivity index (χ2v) is 7.72. The summed E-state index contributed by atoms with van der Waals surface area (Å²) >= 11 is 0. The van der Waals surface area contributed by atoms with E-state index in [1.54, 1.807) is 14.2 Å². The Balaban J connectivity index is 1.45. The third kappa shape index (κ3) is 3.46. The van der Waals surface area contributed by atoms with Crippen LogP contribution in [0.5, 0.6) is 11.5 Å². The number of benzene rings is 2.